The topological polar surface area (TPSA) is 24.9 Å². The fourth-order valence-corrected chi connectivity index (χ4v) is 1.92. The predicted molar refractivity (Wildman–Crippen MR) is 65.0 cm³/mol. The van der Waals surface area contributed by atoms with Crippen LogP contribution in [0.4, 0.5) is 0 Å². The smallest absolute Gasteiger partial charge is 0.0541 e. The van der Waals surface area contributed by atoms with E-state index in [1.54, 1.807) is 0 Å². The van der Waals surface area contributed by atoms with E-state index in [-0.39, 0.29) is 5.38 Å². The zero-order valence-corrected chi connectivity index (χ0v) is 10.2. The van der Waals surface area contributed by atoms with Crippen molar-refractivity contribution in [2.45, 2.75) is 32.2 Å². The Bertz CT molecular complexity index is 262. The minimum atomic E-state index is 0.216. The summed E-state index contributed by atoms with van der Waals surface area (Å²) in [5, 5.41) is 3.53. The van der Waals surface area contributed by atoms with Gasteiger partial charge in [-0.3, -0.25) is 4.98 Å². The Balaban J connectivity index is 2.16. The van der Waals surface area contributed by atoms with Crippen molar-refractivity contribution < 1.29 is 0 Å². The molecule has 15 heavy (non-hydrogen) atoms. The molecule has 1 heterocycles. The van der Waals surface area contributed by atoms with Crippen LogP contribution < -0.4 is 5.32 Å². The molecule has 1 rings (SSSR count). The number of alkyl halides is 1. The number of hydrogen-bond donors (Lipinski definition) is 1. The van der Waals surface area contributed by atoms with Gasteiger partial charge in [0.15, 0.2) is 0 Å². The molecule has 0 saturated heterocycles. The molecule has 1 aromatic rings. The van der Waals surface area contributed by atoms with Crippen molar-refractivity contribution in [1.29, 1.82) is 0 Å². The SMILES string of the molecule is CC(C)CC(Cl)CNCc1ccccn1. The molecule has 0 radical (unpaired) electrons. The molecule has 1 unspecified atom stereocenters. The van der Waals surface area contributed by atoms with Gasteiger partial charge in [0.05, 0.1) is 5.69 Å². The minimum absolute atomic E-state index is 0.216. The number of rotatable bonds is 6. The molecular weight excluding hydrogens is 208 g/mol. The highest BCUT2D eigenvalue weighted by Gasteiger charge is 2.06. The van der Waals surface area contributed by atoms with Crippen molar-refractivity contribution in [3.8, 4) is 0 Å². The Labute approximate surface area is 97.1 Å². The lowest BCUT2D eigenvalue weighted by molar-refractivity contribution is 0.532. The molecule has 0 aromatic carbocycles. The fraction of sp³-hybridized carbons (Fsp3) is 0.583. The number of aromatic nitrogens is 1. The van der Waals surface area contributed by atoms with E-state index in [1.807, 2.05) is 24.4 Å². The number of hydrogen-bond acceptors (Lipinski definition) is 2. The lowest BCUT2D eigenvalue weighted by atomic mass is 10.1. The van der Waals surface area contributed by atoms with Gasteiger partial charge in [0.2, 0.25) is 0 Å². The van der Waals surface area contributed by atoms with Gasteiger partial charge in [0.1, 0.15) is 0 Å². The summed E-state index contributed by atoms with van der Waals surface area (Å²) < 4.78 is 0. The number of halogens is 1. The molecule has 2 nitrogen and oxygen atoms in total. The first-order valence-electron chi connectivity index (χ1n) is 5.43. The van der Waals surface area contributed by atoms with E-state index in [0.717, 1.165) is 25.2 Å². The van der Waals surface area contributed by atoms with Crippen LogP contribution >= 0.6 is 11.6 Å². The second-order valence-corrected chi connectivity index (χ2v) is 4.80. The molecule has 3 heteroatoms. The van der Waals surface area contributed by atoms with Crippen LogP contribution in [0.3, 0.4) is 0 Å². The summed E-state index contributed by atoms with van der Waals surface area (Å²) in [4.78, 5) is 4.23. The normalized spacial score (nSPS) is 13.1. The molecule has 0 aliphatic carbocycles. The van der Waals surface area contributed by atoms with E-state index in [2.05, 4.69) is 24.1 Å². The van der Waals surface area contributed by atoms with Crippen molar-refractivity contribution in [3.05, 3.63) is 30.1 Å². The summed E-state index contributed by atoms with van der Waals surface area (Å²) in [7, 11) is 0. The van der Waals surface area contributed by atoms with E-state index in [0.29, 0.717) is 5.92 Å². The van der Waals surface area contributed by atoms with Crippen LogP contribution in [0.1, 0.15) is 26.0 Å². The molecule has 0 fully saturated rings. The van der Waals surface area contributed by atoms with Gasteiger partial charge in [-0.25, -0.2) is 0 Å². The van der Waals surface area contributed by atoms with Crippen LogP contribution in [0.5, 0.6) is 0 Å². The van der Waals surface area contributed by atoms with Crippen molar-refractivity contribution in [2.24, 2.45) is 5.92 Å². The van der Waals surface area contributed by atoms with Crippen molar-refractivity contribution in [1.82, 2.24) is 10.3 Å². The molecule has 0 amide bonds. The van der Waals surface area contributed by atoms with Crippen molar-refractivity contribution in [2.75, 3.05) is 6.54 Å². The molecule has 1 N–H and O–H groups in total. The Hall–Kier alpha value is -0.600. The summed E-state index contributed by atoms with van der Waals surface area (Å²) in [6.45, 7) is 6.01. The maximum atomic E-state index is 6.16. The Kier molecular flexibility index (Phi) is 5.66. The largest absolute Gasteiger partial charge is 0.310 e. The van der Waals surface area contributed by atoms with Gasteiger partial charge in [-0.05, 0) is 24.5 Å². The molecular formula is C12H19ClN2. The zero-order chi connectivity index (χ0) is 11.1. The van der Waals surface area contributed by atoms with Crippen LogP contribution in [-0.2, 0) is 6.54 Å². The highest BCUT2D eigenvalue weighted by Crippen LogP contribution is 2.09. The molecule has 0 aliphatic heterocycles. The van der Waals surface area contributed by atoms with E-state index in [4.69, 9.17) is 11.6 Å². The minimum Gasteiger partial charge on any atom is -0.310 e. The summed E-state index contributed by atoms with van der Waals surface area (Å²) in [5.41, 5.74) is 1.06. The number of nitrogens with zero attached hydrogens (tertiary/aromatic N) is 1. The van der Waals surface area contributed by atoms with E-state index in [1.165, 1.54) is 0 Å². The molecule has 1 aromatic heterocycles. The van der Waals surface area contributed by atoms with Crippen molar-refractivity contribution in [3.63, 3.8) is 0 Å². The second-order valence-electron chi connectivity index (χ2n) is 4.18. The standard InChI is InChI=1S/C12H19ClN2/c1-10(2)7-11(13)8-14-9-12-5-3-4-6-15-12/h3-6,10-11,14H,7-9H2,1-2H3. The summed E-state index contributed by atoms with van der Waals surface area (Å²) in [5.74, 6) is 0.657. The predicted octanol–water partition coefficient (Wildman–Crippen LogP) is 2.82. The lowest BCUT2D eigenvalue weighted by Crippen LogP contribution is -2.24. The van der Waals surface area contributed by atoms with Crippen LogP contribution in [-0.4, -0.2) is 16.9 Å². The van der Waals surface area contributed by atoms with Gasteiger partial charge in [-0.1, -0.05) is 19.9 Å². The van der Waals surface area contributed by atoms with Crippen LogP contribution in [0.25, 0.3) is 0 Å². The average Bonchev–Trinajstić information content (AvgIpc) is 2.18. The molecule has 84 valence electrons. The highest BCUT2D eigenvalue weighted by molar-refractivity contribution is 6.20. The number of nitrogens with one attached hydrogen (secondary N) is 1. The summed E-state index contributed by atoms with van der Waals surface area (Å²) in [6, 6.07) is 5.93. The third-order valence-corrected chi connectivity index (χ3v) is 2.46. The average molecular weight is 227 g/mol. The fourth-order valence-electron chi connectivity index (χ4n) is 1.45. The van der Waals surface area contributed by atoms with E-state index < -0.39 is 0 Å². The first-order chi connectivity index (χ1) is 7.18. The Morgan fingerprint density at radius 2 is 2.20 bits per heavy atom. The van der Waals surface area contributed by atoms with Gasteiger partial charge in [-0.15, -0.1) is 11.6 Å². The molecule has 1 atom stereocenters. The van der Waals surface area contributed by atoms with Crippen LogP contribution in [0, 0.1) is 5.92 Å². The molecule has 0 aliphatic rings. The van der Waals surface area contributed by atoms with E-state index in [9.17, 15) is 0 Å². The highest BCUT2D eigenvalue weighted by atomic mass is 35.5. The van der Waals surface area contributed by atoms with Gasteiger partial charge >= 0.3 is 0 Å². The van der Waals surface area contributed by atoms with Gasteiger partial charge in [0, 0.05) is 24.7 Å². The summed E-state index contributed by atoms with van der Waals surface area (Å²) >= 11 is 6.16. The lowest BCUT2D eigenvalue weighted by Gasteiger charge is -2.12. The van der Waals surface area contributed by atoms with Crippen LogP contribution in [0.15, 0.2) is 24.4 Å². The monoisotopic (exact) mass is 226 g/mol. The maximum absolute atomic E-state index is 6.16. The first-order valence-corrected chi connectivity index (χ1v) is 5.87. The van der Waals surface area contributed by atoms with Gasteiger partial charge in [0.25, 0.3) is 0 Å². The van der Waals surface area contributed by atoms with Gasteiger partial charge < -0.3 is 5.32 Å². The first kappa shape index (κ1) is 12.5. The van der Waals surface area contributed by atoms with Gasteiger partial charge in [-0.2, -0.15) is 0 Å². The molecule has 0 saturated carbocycles. The Morgan fingerprint density at radius 1 is 1.40 bits per heavy atom. The number of pyridine rings is 1. The van der Waals surface area contributed by atoms with Crippen LogP contribution in [0.2, 0.25) is 0 Å². The van der Waals surface area contributed by atoms with E-state index >= 15 is 0 Å². The zero-order valence-electron chi connectivity index (χ0n) is 9.41. The maximum Gasteiger partial charge on any atom is 0.0541 e. The Morgan fingerprint density at radius 3 is 2.80 bits per heavy atom. The third kappa shape index (κ3) is 5.75. The molecule has 0 bridgehead atoms. The second kappa shape index (κ2) is 6.81. The molecule has 0 spiro atoms. The third-order valence-electron chi connectivity index (χ3n) is 2.13. The summed E-state index contributed by atoms with van der Waals surface area (Å²) in [6.07, 6.45) is 2.86. The quantitative estimate of drug-likeness (QED) is 0.755. The van der Waals surface area contributed by atoms with Crippen molar-refractivity contribution >= 4 is 11.6 Å².